The van der Waals surface area contributed by atoms with Gasteiger partial charge in [0.1, 0.15) is 5.75 Å². The van der Waals surface area contributed by atoms with Crippen molar-refractivity contribution in [2.75, 3.05) is 33.1 Å². The zero-order chi connectivity index (χ0) is 28.3. The molecular formula is C28H37N3O7. The number of amides is 1. The number of primary amides is 1. The van der Waals surface area contributed by atoms with Crippen LogP contribution in [0, 0.1) is 23.7 Å². The Bertz CT molecular complexity index is 1220. The Morgan fingerprint density at radius 1 is 1.11 bits per heavy atom. The Morgan fingerprint density at radius 3 is 2.32 bits per heavy atom. The summed E-state index contributed by atoms with van der Waals surface area (Å²) in [6, 6.07) is 0.769. The van der Waals surface area contributed by atoms with Crippen molar-refractivity contribution >= 4 is 34.7 Å². The summed E-state index contributed by atoms with van der Waals surface area (Å²) < 4.78 is 0. The van der Waals surface area contributed by atoms with Gasteiger partial charge in [-0.25, -0.2) is 0 Å². The monoisotopic (exact) mass is 527 g/mol. The molecule has 0 aromatic heterocycles. The summed E-state index contributed by atoms with van der Waals surface area (Å²) in [7, 11) is 6.82. The lowest BCUT2D eigenvalue weighted by Crippen LogP contribution is -2.74. The van der Waals surface area contributed by atoms with Crippen molar-refractivity contribution in [3.05, 3.63) is 22.8 Å². The highest BCUT2D eigenvalue weighted by Crippen LogP contribution is 2.52. The highest BCUT2D eigenvalue weighted by molar-refractivity contribution is 6.32. The number of aliphatic hydroxyl groups is 1. The second-order valence-corrected chi connectivity index (χ2v) is 11.4. The smallest absolute Gasteiger partial charge is 0.235 e. The molecule has 2 saturated carbocycles. The number of Topliss-reactive ketones (excluding diaryl/α,β-unsaturated/α-hetero) is 4. The first kappa shape index (κ1) is 27.9. The Hall–Kier alpha value is -3.11. The van der Waals surface area contributed by atoms with Crippen molar-refractivity contribution in [1.29, 1.82) is 0 Å². The van der Waals surface area contributed by atoms with Crippen LogP contribution in [0.25, 0.3) is 0 Å². The summed E-state index contributed by atoms with van der Waals surface area (Å²) in [5, 5.41) is 22.9. The molecule has 3 aliphatic rings. The highest BCUT2D eigenvalue weighted by Gasteiger charge is 2.69. The van der Waals surface area contributed by atoms with Gasteiger partial charge in [0.15, 0.2) is 34.7 Å². The number of phenolic OH excluding ortho intramolecular Hbond substituents is 1. The third-order valence-electron chi connectivity index (χ3n) is 8.65. The van der Waals surface area contributed by atoms with Crippen LogP contribution in [0.4, 0.5) is 5.69 Å². The Morgan fingerprint density at radius 2 is 1.76 bits per heavy atom. The van der Waals surface area contributed by atoms with Gasteiger partial charge in [0, 0.05) is 25.7 Å². The van der Waals surface area contributed by atoms with E-state index in [0.29, 0.717) is 17.5 Å². The Kier molecular flexibility index (Phi) is 7.26. The van der Waals surface area contributed by atoms with Crippen LogP contribution >= 0.6 is 0 Å². The molecule has 10 nitrogen and oxygen atoms in total. The number of nitrogens with two attached hydrogens (primary N) is 1. The van der Waals surface area contributed by atoms with Crippen molar-refractivity contribution in [3.8, 4) is 5.75 Å². The van der Waals surface area contributed by atoms with E-state index < -0.39 is 64.4 Å². The van der Waals surface area contributed by atoms with Crippen molar-refractivity contribution in [2.45, 2.75) is 57.1 Å². The number of anilines is 1. The molecule has 0 saturated heterocycles. The van der Waals surface area contributed by atoms with Gasteiger partial charge in [-0.15, -0.1) is 0 Å². The molecule has 10 heteroatoms. The SMILES string of the molecule is CCCCCc1cc(N(C)C)c2c(c1O)C(=O)C1C(=O)C3(O)C(=O)C(C(N)=O)C(=O)C(N(C)C)C3CC1C2. The molecule has 2 fully saturated rings. The molecule has 38 heavy (non-hydrogen) atoms. The Labute approximate surface area is 222 Å². The van der Waals surface area contributed by atoms with Crippen LogP contribution < -0.4 is 10.6 Å². The standard InChI is InChI=1S/C28H37N3O7/c1-6-7-8-9-13-12-17(30(2)3)15-10-14-11-16-21(31(4)5)24(34)20(27(29)37)26(36)28(16,38)25(35)18(14)23(33)19(15)22(13)32/h12,14,16,18,20-21,32,38H,6-11H2,1-5H3,(H2,29,37). The quantitative estimate of drug-likeness (QED) is 0.342. The van der Waals surface area contributed by atoms with Gasteiger partial charge in [-0.1, -0.05) is 19.8 Å². The first-order valence-corrected chi connectivity index (χ1v) is 13.2. The summed E-state index contributed by atoms with van der Waals surface area (Å²) in [4.78, 5) is 69.9. The average molecular weight is 528 g/mol. The number of nitrogens with zero attached hydrogens (tertiary/aromatic N) is 2. The highest BCUT2D eigenvalue weighted by atomic mass is 16.3. The second kappa shape index (κ2) is 9.89. The van der Waals surface area contributed by atoms with Gasteiger partial charge in [0.05, 0.1) is 17.5 Å². The number of carbonyl (C=O) groups excluding carboxylic acids is 5. The minimum atomic E-state index is -2.71. The van der Waals surface area contributed by atoms with E-state index in [1.807, 2.05) is 25.1 Å². The minimum absolute atomic E-state index is 0.0375. The number of phenols is 1. The van der Waals surface area contributed by atoms with Crippen molar-refractivity contribution in [2.24, 2.45) is 29.4 Å². The molecule has 1 amide bonds. The van der Waals surface area contributed by atoms with E-state index in [0.717, 1.165) is 24.9 Å². The number of hydrogen-bond donors (Lipinski definition) is 3. The zero-order valence-electron chi connectivity index (χ0n) is 22.6. The molecule has 6 atom stereocenters. The number of ketones is 4. The molecule has 206 valence electrons. The van der Waals surface area contributed by atoms with E-state index in [-0.39, 0.29) is 24.2 Å². The molecule has 0 radical (unpaired) electrons. The van der Waals surface area contributed by atoms with Crippen LogP contribution in [-0.2, 0) is 32.0 Å². The predicted molar refractivity (Wildman–Crippen MR) is 139 cm³/mol. The van der Waals surface area contributed by atoms with Crippen molar-refractivity contribution in [1.82, 2.24) is 4.90 Å². The third-order valence-corrected chi connectivity index (χ3v) is 8.65. The van der Waals surface area contributed by atoms with Gasteiger partial charge in [-0.2, -0.15) is 0 Å². The maximum absolute atomic E-state index is 14.0. The molecule has 1 aromatic rings. The van der Waals surface area contributed by atoms with Gasteiger partial charge < -0.3 is 20.8 Å². The van der Waals surface area contributed by atoms with E-state index in [2.05, 4.69) is 6.92 Å². The fourth-order valence-corrected chi connectivity index (χ4v) is 6.86. The molecule has 0 aliphatic heterocycles. The molecule has 3 aliphatic carbocycles. The number of hydrogen-bond acceptors (Lipinski definition) is 9. The van der Waals surface area contributed by atoms with E-state index in [9.17, 15) is 34.2 Å². The van der Waals surface area contributed by atoms with Crippen LogP contribution in [0.3, 0.4) is 0 Å². The van der Waals surface area contributed by atoms with Gasteiger partial charge in [-0.3, -0.25) is 28.9 Å². The molecule has 1 aromatic carbocycles. The van der Waals surface area contributed by atoms with Crippen LogP contribution in [0.15, 0.2) is 6.07 Å². The molecule has 4 rings (SSSR count). The van der Waals surface area contributed by atoms with Gasteiger partial charge in [-0.05, 0) is 62.9 Å². The van der Waals surface area contributed by atoms with E-state index in [4.69, 9.17) is 5.73 Å². The largest absolute Gasteiger partial charge is 0.507 e. The number of fused-ring (bicyclic) bond motifs is 3. The molecule has 4 N–H and O–H groups in total. The molecule has 0 spiro atoms. The van der Waals surface area contributed by atoms with Crippen LogP contribution in [0.5, 0.6) is 5.75 Å². The number of benzene rings is 1. The summed E-state index contributed by atoms with van der Waals surface area (Å²) in [5.74, 6) is -10.2. The second-order valence-electron chi connectivity index (χ2n) is 11.4. The van der Waals surface area contributed by atoms with Gasteiger partial charge in [0.2, 0.25) is 5.91 Å². The van der Waals surface area contributed by atoms with Gasteiger partial charge >= 0.3 is 0 Å². The van der Waals surface area contributed by atoms with E-state index >= 15 is 0 Å². The van der Waals surface area contributed by atoms with Crippen LogP contribution in [0.2, 0.25) is 0 Å². The van der Waals surface area contributed by atoms with Crippen LogP contribution in [-0.4, -0.2) is 84.0 Å². The molecular weight excluding hydrogens is 490 g/mol. The lowest BCUT2D eigenvalue weighted by Gasteiger charge is -2.52. The van der Waals surface area contributed by atoms with Crippen molar-refractivity contribution < 1.29 is 34.2 Å². The lowest BCUT2D eigenvalue weighted by atomic mass is 9.52. The number of likely N-dealkylation sites (N-methyl/N-ethyl adjacent to an activating group) is 1. The fourth-order valence-electron chi connectivity index (χ4n) is 6.86. The topological polar surface area (TPSA) is 158 Å². The first-order valence-electron chi connectivity index (χ1n) is 13.2. The van der Waals surface area contributed by atoms with Crippen molar-refractivity contribution in [3.63, 3.8) is 0 Å². The third kappa shape index (κ3) is 3.96. The minimum Gasteiger partial charge on any atom is -0.507 e. The fraction of sp³-hybridized carbons (Fsp3) is 0.607. The lowest BCUT2D eigenvalue weighted by molar-refractivity contribution is -0.181. The summed E-state index contributed by atoms with van der Waals surface area (Å²) in [6.07, 6.45) is 3.60. The summed E-state index contributed by atoms with van der Waals surface area (Å²) in [5.41, 5.74) is 4.68. The maximum Gasteiger partial charge on any atom is 0.235 e. The number of unbranched alkanes of at least 4 members (excludes halogenated alkanes) is 2. The zero-order valence-corrected chi connectivity index (χ0v) is 22.6. The number of rotatable bonds is 7. The molecule has 0 bridgehead atoms. The summed E-state index contributed by atoms with van der Waals surface area (Å²) in [6.45, 7) is 2.07. The normalized spacial score (nSPS) is 30.7. The first-order chi connectivity index (χ1) is 17.8. The van der Waals surface area contributed by atoms with E-state index in [1.165, 1.54) is 4.90 Å². The van der Waals surface area contributed by atoms with E-state index in [1.54, 1.807) is 14.1 Å². The summed E-state index contributed by atoms with van der Waals surface area (Å²) >= 11 is 0. The maximum atomic E-state index is 14.0. The van der Waals surface area contributed by atoms with Gasteiger partial charge in [0.25, 0.3) is 0 Å². The predicted octanol–water partition coefficient (Wildman–Crippen LogP) is 0.666. The number of carbonyl (C=O) groups is 5. The van der Waals surface area contributed by atoms with Crippen LogP contribution in [0.1, 0.15) is 54.1 Å². The number of aromatic hydroxyl groups is 1. The average Bonchev–Trinajstić information content (AvgIpc) is 2.82. The Balaban J connectivity index is 1.86. The molecule has 6 unspecified atom stereocenters. The number of aryl methyl sites for hydroxylation is 1. The molecule has 0 heterocycles.